The van der Waals surface area contributed by atoms with Crippen LogP contribution in [-0.2, 0) is 12.8 Å². The highest BCUT2D eigenvalue weighted by atomic mass is 35.5. The highest BCUT2D eigenvalue weighted by molar-refractivity contribution is 6.18. The molecule has 0 aromatic heterocycles. The number of ether oxygens (including phenoxy) is 1. The molecule has 0 N–H and O–H groups in total. The van der Waals surface area contributed by atoms with Gasteiger partial charge in [0.05, 0.1) is 7.11 Å². The Balaban J connectivity index is 2.07. The number of benzene rings is 2. The van der Waals surface area contributed by atoms with Crippen molar-refractivity contribution in [2.24, 2.45) is 5.92 Å². The van der Waals surface area contributed by atoms with E-state index in [1.165, 1.54) is 22.3 Å². The zero-order chi connectivity index (χ0) is 15.2. The normalized spacial score (nSPS) is 12.2. The Hall–Kier alpha value is -1.47. The molecule has 0 amide bonds. The lowest BCUT2D eigenvalue weighted by atomic mass is 9.92. The summed E-state index contributed by atoms with van der Waals surface area (Å²) in [4.78, 5) is 0. The van der Waals surface area contributed by atoms with Crippen LogP contribution >= 0.6 is 11.6 Å². The predicted molar refractivity (Wildman–Crippen MR) is 90.5 cm³/mol. The summed E-state index contributed by atoms with van der Waals surface area (Å²) in [5.74, 6) is 2.03. The van der Waals surface area contributed by atoms with Crippen molar-refractivity contribution < 1.29 is 4.74 Å². The van der Waals surface area contributed by atoms with Gasteiger partial charge in [-0.15, -0.1) is 11.6 Å². The molecular weight excluding hydrogens is 280 g/mol. The Morgan fingerprint density at radius 3 is 2.29 bits per heavy atom. The van der Waals surface area contributed by atoms with E-state index in [9.17, 15) is 0 Å². The summed E-state index contributed by atoms with van der Waals surface area (Å²) in [5.41, 5.74) is 5.34. The minimum absolute atomic E-state index is 0.445. The van der Waals surface area contributed by atoms with E-state index >= 15 is 0 Å². The maximum atomic E-state index is 6.18. The van der Waals surface area contributed by atoms with Crippen molar-refractivity contribution in [3.05, 3.63) is 64.7 Å². The summed E-state index contributed by atoms with van der Waals surface area (Å²) < 4.78 is 5.28. The van der Waals surface area contributed by atoms with Crippen molar-refractivity contribution in [3.63, 3.8) is 0 Å². The lowest BCUT2D eigenvalue weighted by Crippen LogP contribution is -2.10. The van der Waals surface area contributed by atoms with E-state index < -0.39 is 0 Å². The highest BCUT2D eigenvalue weighted by Gasteiger charge is 2.11. The van der Waals surface area contributed by atoms with Crippen molar-refractivity contribution in [1.29, 1.82) is 0 Å². The van der Waals surface area contributed by atoms with Gasteiger partial charge in [-0.05, 0) is 67.0 Å². The monoisotopic (exact) mass is 302 g/mol. The van der Waals surface area contributed by atoms with Crippen LogP contribution in [0.4, 0.5) is 0 Å². The molecule has 1 atom stereocenters. The van der Waals surface area contributed by atoms with Gasteiger partial charge in [0.2, 0.25) is 0 Å². The number of alkyl halides is 1. The van der Waals surface area contributed by atoms with Crippen LogP contribution in [-0.4, -0.2) is 13.0 Å². The molecule has 1 nitrogen and oxygen atoms in total. The Labute approximate surface area is 132 Å². The number of methoxy groups -OCH3 is 1. The van der Waals surface area contributed by atoms with E-state index in [2.05, 4.69) is 44.2 Å². The molecule has 0 bridgehead atoms. The molecule has 2 heteroatoms. The average molecular weight is 303 g/mol. The molecule has 0 heterocycles. The number of aryl methyl sites for hydroxylation is 2. The molecule has 0 aliphatic carbocycles. The van der Waals surface area contributed by atoms with Crippen LogP contribution in [0.25, 0.3) is 0 Å². The molecular formula is C19H23ClO. The maximum absolute atomic E-state index is 6.18. The van der Waals surface area contributed by atoms with Crippen molar-refractivity contribution in [3.8, 4) is 5.75 Å². The van der Waals surface area contributed by atoms with Crippen molar-refractivity contribution in [1.82, 2.24) is 0 Å². The van der Waals surface area contributed by atoms with Crippen LogP contribution in [0.15, 0.2) is 42.5 Å². The third-order valence-electron chi connectivity index (χ3n) is 3.97. The standard InChI is InChI=1S/C19H23ClO/c1-14-7-8-17(9-15(14)2)11-18(13-20)10-16-5-4-6-19(12-16)21-3/h4-9,12,18H,10-11,13H2,1-3H3. The SMILES string of the molecule is COc1cccc(CC(CCl)Cc2ccc(C)c(C)c2)c1. The van der Waals surface area contributed by atoms with Gasteiger partial charge >= 0.3 is 0 Å². The van der Waals surface area contributed by atoms with E-state index in [1.54, 1.807) is 7.11 Å². The minimum atomic E-state index is 0.445. The average Bonchev–Trinajstić information content (AvgIpc) is 2.50. The first-order chi connectivity index (χ1) is 10.1. The number of hydrogen-bond donors (Lipinski definition) is 0. The zero-order valence-corrected chi connectivity index (χ0v) is 13.8. The number of hydrogen-bond acceptors (Lipinski definition) is 1. The molecule has 0 saturated carbocycles. The first-order valence-corrected chi connectivity index (χ1v) is 7.91. The first-order valence-electron chi connectivity index (χ1n) is 7.37. The van der Waals surface area contributed by atoms with Crippen LogP contribution in [0.3, 0.4) is 0 Å². The predicted octanol–water partition coefficient (Wildman–Crippen LogP) is 4.95. The summed E-state index contributed by atoms with van der Waals surface area (Å²) >= 11 is 6.18. The second-order valence-electron chi connectivity index (χ2n) is 5.70. The van der Waals surface area contributed by atoms with Crippen LogP contribution < -0.4 is 4.74 Å². The fourth-order valence-corrected chi connectivity index (χ4v) is 2.80. The van der Waals surface area contributed by atoms with Crippen LogP contribution in [0.5, 0.6) is 5.75 Å². The zero-order valence-electron chi connectivity index (χ0n) is 13.0. The van der Waals surface area contributed by atoms with E-state index in [0.717, 1.165) is 18.6 Å². The van der Waals surface area contributed by atoms with Crippen molar-refractivity contribution >= 4 is 11.6 Å². The van der Waals surface area contributed by atoms with Crippen molar-refractivity contribution in [2.45, 2.75) is 26.7 Å². The molecule has 0 fully saturated rings. The molecule has 112 valence electrons. The van der Waals surface area contributed by atoms with E-state index in [1.807, 2.05) is 12.1 Å². The summed E-state index contributed by atoms with van der Waals surface area (Å²) in [7, 11) is 1.70. The van der Waals surface area contributed by atoms with Gasteiger partial charge in [-0.1, -0.05) is 30.3 Å². The maximum Gasteiger partial charge on any atom is 0.119 e. The lowest BCUT2D eigenvalue weighted by molar-refractivity contribution is 0.414. The minimum Gasteiger partial charge on any atom is -0.497 e. The Kier molecular flexibility index (Phi) is 5.69. The molecule has 0 saturated heterocycles. The third-order valence-corrected chi connectivity index (χ3v) is 4.41. The van der Waals surface area contributed by atoms with E-state index in [0.29, 0.717) is 11.8 Å². The smallest absolute Gasteiger partial charge is 0.119 e. The molecule has 2 rings (SSSR count). The van der Waals surface area contributed by atoms with Gasteiger partial charge in [0.25, 0.3) is 0 Å². The van der Waals surface area contributed by atoms with Gasteiger partial charge in [-0.3, -0.25) is 0 Å². The van der Waals surface area contributed by atoms with Gasteiger partial charge in [0, 0.05) is 5.88 Å². The van der Waals surface area contributed by atoms with Gasteiger partial charge in [-0.25, -0.2) is 0 Å². The largest absolute Gasteiger partial charge is 0.497 e. The van der Waals surface area contributed by atoms with Gasteiger partial charge in [-0.2, -0.15) is 0 Å². The second kappa shape index (κ2) is 7.51. The van der Waals surface area contributed by atoms with E-state index in [4.69, 9.17) is 16.3 Å². The molecule has 21 heavy (non-hydrogen) atoms. The topological polar surface area (TPSA) is 9.23 Å². The summed E-state index contributed by atoms with van der Waals surface area (Å²) in [6.07, 6.45) is 2.00. The molecule has 1 unspecified atom stereocenters. The first kappa shape index (κ1) is 15.9. The second-order valence-corrected chi connectivity index (χ2v) is 6.01. The Morgan fingerprint density at radius 2 is 1.67 bits per heavy atom. The van der Waals surface area contributed by atoms with Gasteiger partial charge in [0.15, 0.2) is 0 Å². The van der Waals surface area contributed by atoms with Gasteiger partial charge < -0.3 is 4.74 Å². The summed E-state index contributed by atoms with van der Waals surface area (Å²) in [5, 5.41) is 0. The van der Waals surface area contributed by atoms with Crippen molar-refractivity contribution in [2.75, 3.05) is 13.0 Å². The quantitative estimate of drug-likeness (QED) is 0.686. The molecule has 2 aromatic rings. The Bertz CT molecular complexity index is 592. The third kappa shape index (κ3) is 4.50. The Morgan fingerprint density at radius 1 is 0.952 bits per heavy atom. The molecule has 0 spiro atoms. The fraction of sp³-hybridized carbons (Fsp3) is 0.368. The fourth-order valence-electron chi connectivity index (χ4n) is 2.58. The molecule has 0 aliphatic rings. The lowest BCUT2D eigenvalue weighted by Gasteiger charge is -2.15. The van der Waals surface area contributed by atoms with Crippen LogP contribution in [0.2, 0.25) is 0 Å². The van der Waals surface area contributed by atoms with Crippen LogP contribution in [0, 0.1) is 19.8 Å². The summed E-state index contributed by atoms with van der Waals surface area (Å²) in [6, 6.07) is 14.9. The summed E-state index contributed by atoms with van der Waals surface area (Å²) in [6.45, 7) is 4.31. The van der Waals surface area contributed by atoms with E-state index in [-0.39, 0.29) is 0 Å². The van der Waals surface area contributed by atoms with Gasteiger partial charge in [0.1, 0.15) is 5.75 Å². The molecule has 0 radical (unpaired) electrons. The molecule has 2 aromatic carbocycles. The number of halogens is 1. The highest BCUT2D eigenvalue weighted by Crippen LogP contribution is 2.21. The number of rotatable bonds is 6. The molecule has 0 aliphatic heterocycles. The van der Waals surface area contributed by atoms with Crippen LogP contribution in [0.1, 0.15) is 22.3 Å².